The van der Waals surface area contributed by atoms with Crippen molar-refractivity contribution in [1.29, 1.82) is 0 Å². The molecule has 2 nitrogen and oxygen atoms in total. The number of aliphatic hydroxyl groups is 1. The largest absolute Gasteiger partial charge is 1.00 e. The Hall–Kier alpha value is 0.704. The molecular weight excluding hydrogens is 160 g/mol. The van der Waals surface area contributed by atoms with Gasteiger partial charge in [0.05, 0.1) is 6.73 Å². The van der Waals surface area contributed by atoms with Gasteiger partial charge in [-0.05, 0) is 14.1 Å². The molecule has 0 aliphatic heterocycles. The van der Waals surface area contributed by atoms with Crippen LogP contribution in [0.15, 0.2) is 0 Å². The van der Waals surface area contributed by atoms with Gasteiger partial charge in [0.25, 0.3) is 0 Å². The summed E-state index contributed by atoms with van der Waals surface area (Å²) in [6, 6.07) is 0. The number of hydrogen-bond donors (Lipinski definition) is 1. The maximum absolute atomic E-state index is 8.07. The molecule has 0 aromatic heterocycles. The molecule has 0 aromatic carbocycles. The number of halogens is 1. The second-order valence-corrected chi connectivity index (χ2v) is 1.22. The quantitative estimate of drug-likeness (QED) is 0.325. The molecule has 0 aromatic rings. The van der Waals surface area contributed by atoms with Crippen LogP contribution in [0, 0.1) is 0 Å². The zero-order valence-corrected chi connectivity index (χ0v) is 6.04. The van der Waals surface area contributed by atoms with Crippen molar-refractivity contribution in [3.05, 3.63) is 0 Å². The summed E-state index contributed by atoms with van der Waals surface area (Å²) in [5.41, 5.74) is 0. The standard InChI is InChI=1S/C3H9NO.ClH.Ni/c1-4(2)3-5;;/h5H,3H2,1-2H3;1H;/p-1. The topological polar surface area (TPSA) is 23.5 Å². The minimum atomic E-state index is 0. The van der Waals surface area contributed by atoms with Crippen molar-refractivity contribution in [2.45, 2.75) is 0 Å². The predicted octanol–water partition coefficient (Wildman–Crippen LogP) is -3.50. The molecule has 50 valence electrons. The molecule has 0 unspecified atom stereocenters. The Balaban J connectivity index is -0.0000000800. The molecule has 0 rings (SSSR count). The van der Waals surface area contributed by atoms with E-state index in [-0.39, 0.29) is 35.6 Å². The third-order valence-electron chi connectivity index (χ3n) is 0.283. The molecule has 0 radical (unpaired) electrons. The van der Waals surface area contributed by atoms with Crippen LogP contribution in [-0.4, -0.2) is 30.8 Å². The normalized spacial score (nSPS) is 6.86. The molecule has 0 atom stereocenters. The van der Waals surface area contributed by atoms with Gasteiger partial charge in [-0.15, -0.1) is 0 Å². The van der Waals surface area contributed by atoms with Crippen LogP contribution in [-0.2, 0) is 16.5 Å². The van der Waals surface area contributed by atoms with Gasteiger partial charge in [0, 0.05) is 16.5 Å². The second kappa shape index (κ2) is 9.86. The molecule has 0 amide bonds. The summed E-state index contributed by atoms with van der Waals surface area (Å²) in [7, 11) is 3.61. The Morgan fingerprint density at radius 1 is 1.43 bits per heavy atom. The Bertz CT molecular complexity index is 28.9. The van der Waals surface area contributed by atoms with E-state index in [9.17, 15) is 0 Å². The molecule has 7 heavy (non-hydrogen) atoms. The van der Waals surface area contributed by atoms with Crippen molar-refractivity contribution in [1.82, 2.24) is 4.90 Å². The van der Waals surface area contributed by atoms with Gasteiger partial charge < -0.3 is 17.5 Å². The van der Waals surface area contributed by atoms with Crippen molar-refractivity contribution in [2.75, 3.05) is 20.8 Å². The van der Waals surface area contributed by atoms with Crippen LogP contribution in [0.1, 0.15) is 0 Å². The number of aliphatic hydroxyl groups excluding tert-OH is 1. The van der Waals surface area contributed by atoms with Gasteiger partial charge in [-0.3, -0.25) is 4.90 Å². The van der Waals surface area contributed by atoms with Crippen LogP contribution in [0.25, 0.3) is 0 Å². The Labute approximate surface area is 60.2 Å². The van der Waals surface area contributed by atoms with Gasteiger partial charge in [0.15, 0.2) is 0 Å². The summed E-state index contributed by atoms with van der Waals surface area (Å²) in [6.07, 6.45) is 0. The van der Waals surface area contributed by atoms with E-state index in [0.717, 1.165) is 0 Å². The SMILES string of the molecule is CN(C)CO.[Cl-].[Ni]. The van der Waals surface area contributed by atoms with Gasteiger partial charge >= 0.3 is 0 Å². The molecule has 0 saturated carbocycles. The van der Waals surface area contributed by atoms with E-state index < -0.39 is 0 Å². The molecule has 0 fully saturated rings. The molecular formula is C3H9ClNNiO-. The van der Waals surface area contributed by atoms with Gasteiger partial charge in [0.2, 0.25) is 0 Å². The first kappa shape index (κ1) is 15.6. The van der Waals surface area contributed by atoms with E-state index in [4.69, 9.17) is 5.11 Å². The van der Waals surface area contributed by atoms with E-state index in [1.54, 1.807) is 19.0 Å². The van der Waals surface area contributed by atoms with Crippen molar-refractivity contribution in [3.8, 4) is 0 Å². The van der Waals surface area contributed by atoms with Crippen molar-refractivity contribution in [3.63, 3.8) is 0 Å². The molecule has 0 aliphatic carbocycles. The number of nitrogens with zero attached hydrogens (tertiary/aromatic N) is 1. The summed E-state index contributed by atoms with van der Waals surface area (Å²) >= 11 is 0. The summed E-state index contributed by atoms with van der Waals surface area (Å²) in [6.45, 7) is 0.139. The molecule has 0 heterocycles. The first-order valence-electron chi connectivity index (χ1n) is 1.53. The first-order chi connectivity index (χ1) is 2.27. The van der Waals surface area contributed by atoms with Crippen LogP contribution >= 0.6 is 0 Å². The minimum absolute atomic E-state index is 0. The maximum Gasteiger partial charge on any atom is 0.0951 e. The molecule has 0 spiro atoms. The fourth-order valence-corrected chi connectivity index (χ4v) is 0. The van der Waals surface area contributed by atoms with E-state index in [0.29, 0.717) is 0 Å². The third kappa shape index (κ3) is 20.3. The molecule has 0 saturated heterocycles. The monoisotopic (exact) mass is 168 g/mol. The van der Waals surface area contributed by atoms with Gasteiger partial charge in [-0.2, -0.15) is 0 Å². The number of hydrogen-bond acceptors (Lipinski definition) is 2. The fraction of sp³-hybridized carbons (Fsp3) is 1.00. The average molecular weight is 169 g/mol. The number of rotatable bonds is 1. The Morgan fingerprint density at radius 3 is 1.57 bits per heavy atom. The Kier molecular flexibility index (Phi) is 22.0. The molecule has 1 N–H and O–H groups in total. The summed E-state index contributed by atoms with van der Waals surface area (Å²) in [5.74, 6) is 0. The van der Waals surface area contributed by atoms with Crippen LogP contribution in [0.2, 0.25) is 0 Å². The van der Waals surface area contributed by atoms with Crippen LogP contribution < -0.4 is 12.4 Å². The maximum atomic E-state index is 8.07. The second-order valence-electron chi connectivity index (χ2n) is 1.22. The van der Waals surface area contributed by atoms with Gasteiger partial charge in [-0.1, -0.05) is 0 Å². The van der Waals surface area contributed by atoms with E-state index in [2.05, 4.69) is 0 Å². The first-order valence-corrected chi connectivity index (χ1v) is 1.53. The van der Waals surface area contributed by atoms with Crippen molar-refractivity contribution in [2.24, 2.45) is 0 Å². The molecule has 4 heteroatoms. The third-order valence-corrected chi connectivity index (χ3v) is 0.283. The zero-order chi connectivity index (χ0) is 4.28. The van der Waals surface area contributed by atoms with E-state index in [1.165, 1.54) is 0 Å². The summed E-state index contributed by atoms with van der Waals surface area (Å²) < 4.78 is 0. The van der Waals surface area contributed by atoms with Gasteiger partial charge in [-0.25, -0.2) is 0 Å². The van der Waals surface area contributed by atoms with Gasteiger partial charge in [0.1, 0.15) is 0 Å². The average Bonchev–Trinajstić information content (AvgIpc) is 1.38. The van der Waals surface area contributed by atoms with E-state index in [1.807, 2.05) is 0 Å². The van der Waals surface area contributed by atoms with Crippen molar-refractivity contribution < 1.29 is 34.0 Å². The minimum Gasteiger partial charge on any atom is -1.00 e. The van der Waals surface area contributed by atoms with Crippen LogP contribution in [0.5, 0.6) is 0 Å². The smallest absolute Gasteiger partial charge is 0.0951 e. The summed E-state index contributed by atoms with van der Waals surface area (Å²) in [5, 5.41) is 8.07. The van der Waals surface area contributed by atoms with Crippen LogP contribution in [0.4, 0.5) is 0 Å². The molecule has 0 bridgehead atoms. The fourth-order valence-electron chi connectivity index (χ4n) is 0. The zero-order valence-electron chi connectivity index (χ0n) is 4.30. The van der Waals surface area contributed by atoms with Crippen LogP contribution in [0.3, 0.4) is 0 Å². The van der Waals surface area contributed by atoms with E-state index >= 15 is 0 Å². The van der Waals surface area contributed by atoms with Crippen molar-refractivity contribution >= 4 is 0 Å². The Morgan fingerprint density at radius 2 is 1.57 bits per heavy atom. The molecule has 0 aliphatic rings. The summed E-state index contributed by atoms with van der Waals surface area (Å²) in [4.78, 5) is 1.68. The predicted molar refractivity (Wildman–Crippen MR) is 20.8 cm³/mol.